The number of aromatic nitrogens is 2. The van der Waals surface area contributed by atoms with Gasteiger partial charge in [-0.3, -0.25) is 14.4 Å². The molecule has 3 N–H and O–H groups in total. The van der Waals surface area contributed by atoms with Crippen molar-refractivity contribution in [2.45, 2.75) is 12.1 Å². The summed E-state index contributed by atoms with van der Waals surface area (Å²) in [6.45, 7) is 1.94. The van der Waals surface area contributed by atoms with Crippen molar-refractivity contribution in [2.24, 2.45) is 0 Å². The molecule has 0 fully saturated rings. The molecule has 0 aliphatic heterocycles. The fourth-order valence-corrected chi connectivity index (χ4v) is 3.83. The van der Waals surface area contributed by atoms with Gasteiger partial charge in [0.2, 0.25) is 5.91 Å². The molecule has 0 spiro atoms. The van der Waals surface area contributed by atoms with Crippen molar-refractivity contribution >= 4 is 45.9 Å². The SMILES string of the molecule is Cc1cccc(NC(=O)c2ccccc2NC(=O)CSc2nc3ccccc3c(=O)[nH]2)c1. The molecule has 0 bridgehead atoms. The van der Waals surface area contributed by atoms with Crippen LogP contribution in [0.2, 0.25) is 0 Å². The zero-order chi connectivity index (χ0) is 22.5. The average Bonchev–Trinajstić information content (AvgIpc) is 2.78. The van der Waals surface area contributed by atoms with E-state index in [1.54, 1.807) is 54.6 Å². The summed E-state index contributed by atoms with van der Waals surface area (Å²) in [7, 11) is 0. The number of benzene rings is 3. The molecule has 1 aromatic heterocycles. The van der Waals surface area contributed by atoms with Gasteiger partial charge in [-0.1, -0.05) is 48.2 Å². The number of fused-ring (bicyclic) bond motifs is 1. The minimum Gasteiger partial charge on any atom is -0.325 e. The topological polar surface area (TPSA) is 104 Å². The van der Waals surface area contributed by atoms with Gasteiger partial charge in [0.25, 0.3) is 11.5 Å². The maximum Gasteiger partial charge on any atom is 0.259 e. The van der Waals surface area contributed by atoms with Crippen LogP contribution in [0.5, 0.6) is 0 Å². The molecule has 8 heteroatoms. The summed E-state index contributed by atoms with van der Waals surface area (Å²) in [5.74, 6) is -0.615. The first-order valence-corrected chi connectivity index (χ1v) is 10.9. The Morgan fingerprint density at radius 2 is 1.75 bits per heavy atom. The van der Waals surface area contributed by atoms with Gasteiger partial charge in [-0.05, 0) is 48.9 Å². The van der Waals surface area contributed by atoms with Crippen LogP contribution in [0.3, 0.4) is 0 Å². The Balaban J connectivity index is 1.44. The zero-order valence-corrected chi connectivity index (χ0v) is 18.0. The molecular weight excluding hydrogens is 424 g/mol. The maximum atomic E-state index is 12.8. The molecule has 0 atom stereocenters. The average molecular weight is 445 g/mol. The number of nitrogens with zero attached hydrogens (tertiary/aromatic N) is 1. The Morgan fingerprint density at radius 3 is 2.59 bits per heavy atom. The molecule has 0 aliphatic rings. The Hall–Kier alpha value is -3.91. The van der Waals surface area contributed by atoms with Crippen molar-refractivity contribution in [1.29, 1.82) is 0 Å². The van der Waals surface area contributed by atoms with Gasteiger partial charge in [-0.15, -0.1) is 0 Å². The van der Waals surface area contributed by atoms with E-state index in [0.717, 1.165) is 17.3 Å². The number of para-hydroxylation sites is 2. The van der Waals surface area contributed by atoms with Crippen LogP contribution in [0.25, 0.3) is 10.9 Å². The number of carbonyl (C=O) groups excluding carboxylic acids is 2. The van der Waals surface area contributed by atoms with E-state index in [4.69, 9.17) is 0 Å². The number of aromatic amines is 1. The standard InChI is InChI=1S/C24H20N4O3S/c1-15-7-6-8-16(13-15)25-22(30)17-9-2-4-11-19(17)26-21(29)14-32-24-27-20-12-5-3-10-18(20)23(31)28-24/h2-13H,14H2,1H3,(H,25,30)(H,26,29)(H,27,28,31). The second kappa shape index (κ2) is 9.49. The Morgan fingerprint density at radius 1 is 0.969 bits per heavy atom. The molecule has 0 saturated carbocycles. The smallest absolute Gasteiger partial charge is 0.259 e. The highest BCUT2D eigenvalue weighted by atomic mass is 32.2. The molecule has 1 heterocycles. The first kappa shape index (κ1) is 21.3. The van der Waals surface area contributed by atoms with Crippen molar-refractivity contribution in [2.75, 3.05) is 16.4 Å². The first-order valence-electron chi connectivity index (χ1n) is 9.88. The third kappa shape index (κ3) is 5.04. The van der Waals surface area contributed by atoms with Gasteiger partial charge in [0.05, 0.1) is 27.9 Å². The summed E-state index contributed by atoms with van der Waals surface area (Å²) >= 11 is 1.12. The lowest BCUT2D eigenvalue weighted by Crippen LogP contribution is -2.19. The highest BCUT2D eigenvalue weighted by Gasteiger charge is 2.14. The predicted octanol–water partition coefficient (Wildman–Crippen LogP) is 4.21. The highest BCUT2D eigenvalue weighted by molar-refractivity contribution is 7.99. The number of H-pyrrole nitrogens is 1. The van der Waals surface area contributed by atoms with Crippen molar-refractivity contribution in [3.63, 3.8) is 0 Å². The van der Waals surface area contributed by atoms with Crippen molar-refractivity contribution in [1.82, 2.24) is 9.97 Å². The van der Waals surface area contributed by atoms with Gasteiger partial charge in [0.15, 0.2) is 5.16 Å². The number of aryl methyl sites for hydroxylation is 1. The van der Waals surface area contributed by atoms with Crippen molar-refractivity contribution in [3.8, 4) is 0 Å². The molecule has 0 saturated heterocycles. The number of nitrogens with one attached hydrogen (secondary N) is 3. The number of rotatable bonds is 6. The van der Waals surface area contributed by atoms with Crippen LogP contribution in [0.4, 0.5) is 11.4 Å². The molecule has 4 aromatic rings. The minimum atomic E-state index is -0.320. The van der Waals surface area contributed by atoms with E-state index in [2.05, 4.69) is 20.6 Å². The molecule has 2 amide bonds. The fourth-order valence-electron chi connectivity index (χ4n) is 3.16. The summed E-state index contributed by atoms with van der Waals surface area (Å²) in [6.07, 6.45) is 0. The van der Waals surface area contributed by atoms with Crippen LogP contribution in [0.1, 0.15) is 15.9 Å². The van der Waals surface area contributed by atoms with Gasteiger partial charge in [-0.25, -0.2) is 4.98 Å². The molecule has 4 rings (SSSR count). The molecule has 32 heavy (non-hydrogen) atoms. The predicted molar refractivity (Wildman–Crippen MR) is 127 cm³/mol. The lowest BCUT2D eigenvalue weighted by molar-refractivity contribution is -0.113. The third-order valence-corrected chi connectivity index (χ3v) is 5.53. The largest absolute Gasteiger partial charge is 0.325 e. The monoisotopic (exact) mass is 444 g/mol. The number of anilines is 2. The Kier molecular flexibility index (Phi) is 6.32. The Labute approximate surface area is 188 Å². The number of hydrogen-bond donors (Lipinski definition) is 3. The lowest BCUT2D eigenvalue weighted by Gasteiger charge is -2.12. The van der Waals surface area contributed by atoms with Gasteiger partial charge in [0.1, 0.15) is 0 Å². The van der Waals surface area contributed by atoms with Gasteiger partial charge in [0, 0.05) is 5.69 Å². The summed E-state index contributed by atoms with van der Waals surface area (Å²) in [4.78, 5) is 44.5. The normalized spacial score (nSPS) is 10.7. The molecule has 0 unspecified atom stereocenters. The third-order valence-electron chi connectivity index (χ3n) is 4.65. The fraction of sp³-hybridized carbons (Fsp3) is 0.0833. The van der Waals surface area contributed by atoms with Crippen molar-refractivity contribution in [3.05, 3.63) is 94.3 Å². The number of thioether (sulfide) groups is 1. The van der Waals surface area contributed by atoms with Crippen LogP contribution < -0.4 is 16.2 Å². The number of amides is 2. The molecule has 0 aliphatic carbocycles. The second-order valence-electron chi connectivity index (χ2n) is 7.09. The molecule has 3 aromatic carbocycles. The highest BCUT2D eigenvalue weighted by Crippen LogP contribution is 2.20. The number of carbonyl (C=O) groups is 2. The van der Waals surface area contributed by atoms with Gasteiger partial charge < -0.3 is 15.6 Å². The van der Waals surface area contributed by atoms with Crippen LogP contribution in [-0.4, -0.2) is 27.5 Å². The quantitative estimate of drug-likeness (QED) is 0.305. The lowest BCUT2D eigenvalue weighted by atomic mass is 10.1. The number of hydrogen-bond acceptors (Lipinski definition) is 5. The van der Waals surface area contributed by atoms with E-state index in [1.165, 1.54) is 0 Å². The molecule has 0 radical (unpaired) electrons. The van der Waals surface area contributed by atoms with Crippen LogP contribution in [-0.2, 0) is 4.79 Å². The summed E-state index contributed by atoms with van der Waals surface area (Å²) < 4.78 is 0. The van der Waals surface area contributed by atoms with E-state index in [9.17, 15) is 14.4 Å². The van der Waals surface area contributed by atoms with E-state index in [-0.39, 0.29) is 23.1 Å². The molecular formula is C24H20N4O3S. The van der Waals surface area contributed by atoms with Crippen LogP contribution in [0, 0.1) is 6.92 Å². The van der Waals surface area contributed by atoms with Crippen LogP contribution >= 0.6 is 11.8 Å². The summed E-state index contributed by atoms with van der Waals surface area (Å²) in [6, 6.07) is 21.3. The second-order valence-corrected chi connectivity index (χ2v) is 8.06. The minimum absolute atomic E-state index is 0.0229. The van der Waals surface area contributed by atoms with Gasteiger partial charge in [-0.2, -0.15) is 0 Å². The molecule has 7 nitrogen and oxygen atoms in total. The zero-order valence-electron chi connectivity index (χ0n) is 17.2. The Bertz CT molecular complexity index is 1370. The summed E-state index contributed by atoms with van der Waals surface area (Å²) in [5.41, 5.74) is 2.78. The van der Waals surface area contributed by atoms with E-state index >= 15 is 0 Å². The van der Waals surface area contributed by atoms with Crippen LogP contribution in [0.15, 0.2) is 82.7 Å². The summed E-state index contributed by atoms with van der Waals surface area (Å²) in [5, 5.41) is 6.47. The van der Waals surface area contributed by atoms with Gasteiger partial charge >= 0.3 is 0 Å². The molecule has 160 valence electrons. The van der Waals surface area contributed by atoms with E-state index < -0.39 is 0 Å². The van der Waals surface area contributed by atoms with Crippen molar-refractivity contribution < 1.29 is 9.59 Å². The van der Waals surface area contributed by atoms with E-state index in [1.807, 2.05) is 25.1 Å². The first-order chi connectivity index (χ1) is 15.5. The van der Waals surface area contributed by atoms with E-state index in [0.29, 0.717) is 33.0 Å². The maximum absolute atomic E-state index is 12.8.